The predicted octanol–water partition coefficient (Wildman–Crippen LogP) is 2.40. The normalized spacial score (nSPS) is 31.4. The maximum absolute atomic E-state index is 11.5. The molecule has 74 valence electrons. The van der Waals surface area contributed by atoms with E-state index in [4.69, 9.17) is 4.74 Å². The number of methoxy groups -OCH3 is 1. The fraction of sp³-hybridized carbons (Fsp3) is 0.727. The molecule has 0 aromatic heterocycles. The van der Waals surface area contributed by atoms with E-state index in [0.29, 0.717) is 0 Å². The summed E-state index contributed by atoms with van der Waals surface area (Å²) >= 11 is 0. The highest BCUT2D eigenvalue weighted by Crippen LogP contribution is 2.40. The molecule has 2 heteroatoms. The zero-order valence-electron chi connectivity index (χ0n) is 8.83. The molecule has 1 rings (SSSR count). The number of hydrogen-bond acceptors (Lipinski definition) is 2. The van der Waals surface area contributed by atoms with E-state index in [0.717, 1.165) is 6.42 Å². The molecule has 2 atom stereocenters. The zero-order valence-corrected chi connectivity index (χ0v) is 8.83. The van der Waals surface area contributed by atoms with Crippen LogP contribution >= 0.6 is 0 Å². The third kappa shape index (κ3) is 1.93. The van der Waals surface area contributed by atoms with Gasteiger partial charge in [0.1, 0.15) is 0 Å². The molecule has 1 aliphatic rings. The second kappa shape index (κ2) is 3.52. The van der Waals surface area contributed by atoms with Crippen molar-refractivity contribution in [3.05, 3.63) is 12.2 Å². The van der Waals surface area contributed by atoms with E-state index in [1.54, 1.807) is 0 Å². The Morgan fingerprint density at radius 1 is 1.54 bits per heavy atom. The van der Waals surface area contributed by atoms with Gasteiger partial charge in [0.25, 0.3) is 0 Å². The molecule has 0 heterocycles. The summed E-state index contributed by atoms with van der Waals surface area (Å²) in [6.45, 7) is 6.31. The van der Waals surface area contributed by atoms with E-state index in [-0.39, 0.29) is 23.2 Å². The van der Waals surface area contributed by atoms with Crippen LogP contribution in [0.4, 0.5) is 0 Å². The third-order valence-corrected chi connectivity index (χ3v) is 2.91. The van der Waals surface area contributed by atoms with E-state index >= 15 is 0 Å². The van der Waals surface area contributed by atoms with Crippen molar-refractivity contribution < 1.29 is 9.53 Å². The van der Waals surface area contributed by atoms with Crippen LogP contribution in [-0.2, 0) is 9.53 Å². The standard InChI is InChI=1S/C11H18O2/c1-8-6-5-7-11(2,3)9(8)10(12)13-4/h5-6,8-9H,7H2,1-4H3. The first kappa shape index (κ1) is 10.3. The van der Waals surface area contributed by atoms with Gasteiger partial charge in [-0.05, 0) is 17.8 Å². The molecule has 0 N–H and O–H groups in total. The van der Waals surface area contributed by atoms with Gasteiger partial charge < -0.3 is 4.74 Å². The van der Waals surface area contributed by atoms with Crippen molar-refractivity contribution in [2.24, 2.45) is 17.3 Å². The Hall–Kier alpha value is -0.790. The quantitative estimate of drug-likeness (QED) is 0.460. The van der Waals surface area contributed by atoms with Crippen molar-refractivity contribution in [3.63, 3.8) is 0 Å². The number of rotatable bonds is 1. The Labute approximate surface area is 80.0 Å². The lowest BCUT2D eigenvalue weighted by Crippen LogP contribution is -2.37. The fourth-order valence-electron chi connectivity index (χ4n) is 2.20. The maximum atomic E-state index is 11.5. The van der Waals surface area contributed by atoms with Crippen LogP contribution in [0.15, 0.2) is 12.2 Å². The van der Waals surface area contributed by atoms with Gasteiger partial charge in [-0.2, -0.15) is 0 Å². The highest BCUT2D eigenvalue weighted by Gasteiger charge is 2.40. The summed E-state index contributed by atoms with van der Waals surface area (Å²) in [6, 6.07) is 0. The molecule has 0 spiro atoms. The van der Waals surface area contributed by atoms with Gasteiger partial charge in [0.2, 0.25) is 0 Å². The Kier molecular flexibility index (Phi) is 2.79. The van der Waals surface area contributed by atoms with Crippen LogP contribution in [0.3, 0.4) is 0 Å². The van der Waals surface area contributed by atoms with Crippen LogP contribution in [0.1, 0.15) is 27.2 Å². The van der Waals surface area contributed by atoms with Crippen LogP contribution in [0.25, 0.3) is 0 Å². The highest BCUT2D eigenvalue weighted by molar-refractivity contribution is 5.74. The van der Waals surface area contributed by atoms with Crippen molar-refractivity contribution in [2.45, 2.75) is 27.2 Å². The second-order valence-corrected chi connectivity index (χ2v) is 4.48. The lowest BCUT2D eigenvalue weighted by molar-refractivity contribution is -0.151. The Bertz CT molecular complexity index is 228. The third-order valence-electron chi connectivity index (χ3n) is 2.91. The molecule has 0 radical (unpaired) electrons. The van der Waals surface area contributed by atoms with E-state index in [9.17, 15) is 4.79 Å². The monoisotopic (exact) mass is 182 g/mol. The van der Waals surface area contributed by atoms with Crippen LogP contribution in [0, 0.1) is 17.3 Å². The van der Waals surface area contributed by atoms with E-state index < -0.39 is 0 Å². The van der Waals surface area contributed by atoms with Crippen LogP contribution in [0.2, 0.25) is 0 Å². The average Bonchev–Trinajstić information content (AvgIpc) is 2.02. The van der Waals surface area contributed by atoms with E-state index in [1.807, 2.05) is 0 Å². The zero-order chi connectivity index (χ0) is 10.1. The number of carbonyl (C=O) groups is 1. The van der Waals surface area contributed by atoms with Crippen LogP contribution in [0.5, 0.6) is 0 Å². The molecule has 0 bridgehead atoms. The lowest BCUT2D eigenvalue weighted by atomic mass is 9.67. The van der Waals surface area contributed by atoms with Crippen molar-refractivity contribution >= 4 is 5.97 Å². The molecule has 0 fully saturated rings. The molecule has 0 aromatic rings. The van der Waals surface area contributed by atoms with Gasteiger partial charge in [-0.1, -0.05) is 32.9 Å². The van der Waals surface area contributed by atoms with E-state index in [1.165, 1.54) is 7.11 Å². The van der Waals surface area contributed by atoms with Crippen molar-refractivity contribution in [3.8, 4) is 0 Å². The first-order valence-corrected chi connectivity index (χ1v) is 4.73. The molecular weight excluding hydrogens is 164 g/mol. The van der Waals surface area contributed by atoms with Gasteiger partial charge in [-0.3, -0.25) is 4.79 Å². The summed E-state index contributed by atoms with van der Waals surface area (Å²) in [4.78, 5) is 11.5. The maximum Gasteiger partial charge on any atom is 0.309 e. The highest BCUT2D eigenvalue weighted by atomic mass is 16.5. The number of ether oxygens (including phenoxy) is 1. The molecule has 0 aromatic carbocycles. The SMILES string of the molecule is COC(=O)C1C(C)C=CCC1(C)C. The first-order valence-electron chi connectivity index (χ1n) is 4.73. The number of carbonyl (C=O) groups excluding carboxylic acids is 1. The molecule has 0 aliphatic heterocycles. The van der Waals surface area contributed by atoms with Crippen molar-refractivity contribution in [1.29, 1.82) is 0 Å². The molecule has 1 aliphatic carbocycles. The molecule has 2 nitrogen and oxygen atoms in total. The van der Waals surface area contributed by atoms with Gasteiger partial charge in [0.15, 0.2) is 0 Å². The van der Waals surface area contributed by atoms with Gasteiger partial charge in [-0.15, -0.1) is 0 Å². The van der Waals surface area contributed by atoms with Gasteiger partial charge in [0, 0.05) is 0 Å². The summed E-state index contributed by atoms with van der Waals surface area (Å²) in [5, 5.41) is 0. The molecular formula is C11H18O2. The first-order chi connectivity index (χ1) is 5.99. The predicted molar refractivity (Wildman–Crippen MR) is 52.2 cm³/mol. The summed E-state index contributed by atoms with van der Waals surface area (Å²) in [7, 11) is 1.46. The van der Waals surface area contributed by atoms with Crippen LogP contribution in [-0.4, -0.2) is 13.1 Å². The summed E-state index contributed by atoms with van der Waals surface area (Å²) < 4.78 is 4.82. The summed E-state index contributed by atoms with van der Waals surface area (Å²) in [5.41, 5.74) is 0.0290. The molecule has 0 saturated carbocycles. The molecule has 0 amide bonds. The lowest BCUT2D eigenvalue weighted by Gasteiger charge is -2.37. The topological polar surface area (TPSA) is 26.3 Å². The molecule has 2 unspecified atom stereocenters. The number of hydrogen-bond donors (Lipinski definition) is 0. The van der Waals surface area contributed by atoms with Gasteiger partial charge >= 0.3 is 5.97 Å². The number of allylic oxidation sites excluding steroid dienone is 2. The smallest absolute Gasteiger partial charge is 0.309 e. The Morgan fingerprint density at radius 2 is 2.15 bits per heavy atom. The van der Waals surface area contributed by atoms with Gasteiger partial charge in [0.05, 0.1) is 13.0 Å². The minimum Gasteiger partial charge on any atom is -0.469 e. The summed E-state index contributed by atoms with van der Waals surface area (Å²) in [6.07, 6.45) is 5.22. The number of esters is 1. The summed E-state index contributed by atoms with van der Waals surface area (Å²) in [5.74, 6) is 0.209. The van der Waals surface area contributed by atoms with Crippen LogP contribution < -0.4 is 0 Å². The Balaban J connectivity index is 2.90. The second-order valence-electron chi connectivity index (χ2n) is 4.48. The minimum atomic E-state index is -0.0816. The molecule has 13 heavy (non-hydrogen) atoms. The fourth-order valence-corrected chi connectivity index (χ4v) is 2.20. The molecule has 0 saturated heterocycles. The van der Waals surface area contributed by atoms with Crippen molar-refractivity contribution in [1.82, 2.24) is 0 Å². The average molecular weight is 182 g/mol. The van der Waals surface area contributed by atoms with Gasteiger partial charge in [-0.25, -0.2) is 0 Å². The van der Waals surface area contributed by atoms with E-state index in [2.05, 4.69) is 32.9 Å². The largest absolute Gasteiger partial charge is 0.469 e. The minimum absolute atomic E-state index is 0.00231. The Morgan fingerprint density at radius 3 is 2.62 bits per heavy atom. The van der Waals surface area contributed by atoms with Crippen molar-refractivity contribution in [2.75, 3.05) is 7.11 Å².